The van der Waals surface area contributed by atoms with E-state index in [0.29, 0.717) is 5.92 Å². The second-order valence-corrected chi connectivity index (χ2v) is 6.38. The third kappa shape index (κ3) is 3.72. The Labute approximate surface area is 120 Å². The fourth-order valence-corrected chi connectivity index (χ4v) is 3.46. The Morgan fingerprint density at radius 1 is 1.15 bits per heavy atom. The van der Waals surface area contributed by atoms with Crippen LogP contribution < -0.4 is 5.73 Å². The molecule has 2 aliphatic rings. The number of rotatable bonds is 4. The van der Waals surface area contributed by atoms with E-state index in [1.54, 1.807) is 0 Å². The maximum Gasteiger partial charge on any atom is 0.303 e. The fourth-order valence-electron chi connectivity index (χ4n) is 3.46. The highest BCUT2D eigenvalue weighted by molar-refractivity contribution is 5.86. The Balaban J connectivity index is 1.81. The maximum atomic E-state index is 12.6. The van der Waals surface area contributed by atoms with Gasteiger partial charge in [-0.15, -0.1) is 0 Å². The zero-order valence-corrected chi connectivity index (χ0v) is 12.1. The maximum absolute atomic E-state index is 12.6. The Morgan fingerprint density at radius 2 is 1.75 bits per heavy atom. The van der Waals surface area contributed by atoms with Crippen LogP contribution in [0.5, 0.6) is 0 Å². The number of nitrogens with zero attached hydrogens (tertiary/aromatic N) is 1. The number of likely N-dealkylation sites (tertiary alicyclic amines) is 1. The number of carboxylic acid groups (broad SMARTS) is 1. The number of carbonyl (C=O) groups is 2. The number of carbonyl (C=O) groups excluding carboxylic acids is 1. The van der Waals surface area contributed by atoms with Crippen molar-refractivity contribution < 1.29 is 14.7 Å². The Hall–Kier alpha value is -1.10. The minimum Gasteiger partial charge on any atom is -0.481 e. The number of piperidine rings is 1. The van der Waals surface area contributed by atoms with Crippen LogP contribution in [0.25, 0.3) is 0 Å². The van der Waals surface area contributed by atoms with E-state index in [1.165, 1.54) is 6.42 Å². The van der Waals surface area contributed by atoms with E-state index in [0.717, 1.165) is 58.0 Å². The Bertz CT molecular complexity index is 356. The zero-order valence-electron chi connectivity index (χ0n) is 12.1. The molecule has 1 saturated heterocycles. The Kier molecular flexibility index (Phi) is 5.02. The predicted octanol–water partition coefficient (Wildman–Crippen LogP) is 1.75. The first-order chi connectivity index (χ1) is 9.51. The number of aliphatic carboxylic acids is 1. The van der Waals surface area contributed by atoms with Gasteiger partial charge in [0.1, 0.15) is 0 Å². The standard InChI is InChI=1S/C15H26N2O3/c16-15(8-2-1-3-9-15)14(20)17-10-6-12(7-11-17)4-5-13(18)19/h12H,1-11,16H2,(H,18,19). The van der Waals surface area contributed by atoms with Crippen LogP contribution in [0.15, 0.2) is 0 Å². The molecule has 1 heterocycles. The van der Waals surface area contributed by atoms with Crippen LogP contribution in [0.3, 0.4) is 0 Å². The summed E-state index contributed by atoms with van der Waals surface area (Å²) in [7, 11) is 0. The monoisotopic (exact) mass is 282 g/mol. The molecule has 0 unspecified atom stereocenters. The van der Waals surface area contributed by atoms with Gasteiger partial charge >= 0.3 is 5.97 Å². The molecule has 0 atom stereocenters. The van der Waals surface area contributed by atoms with Crippen molar-refractivity contribution in [3.8, 4) is 0 Å². The first-order valence-electron chi connectivity index (χ1n) is 7.81. The summed E-state index contributed by atoms with van der Waals surface area (Å²) < 4.78 is 0. The summed E-state index contributed by atoms with van der Waals surface area (Å²) in [5.74, 6) is -0.171. The molecule has 1 aliphatic heterocycles. The molecule has 20 heavy (non-hydrogen) atoms. The lowest BCUT2D eigenvalue weighted by Gasteiger charge is -2.40. The topological polar surface area (TPSA) is 83.6 Å². The molecule has 0 radical (unpaired) electrons. The second kappa shape index (κ2) is 6.57. The number of hydrogen-bond acceptors (Lipinski definition) is 3. The largest absolute Gasteiger partial charge is 0.481 e. The van der Waals surface area contributed by atoms with Gasteiger partial charge in [0.15, 0.2) is 0 Å². The number of carboxylic acids is 1. The van der Waals surface area contributed by atoms with Gasteiger partial charge in [-0.1, -0.05) is 19.3 Å². The van der Waals surface area contributed by atoms with Crippen molar-refractivity contribution in [3.05, 3.63) is 0 Å². The third-order valence-corrected chi connectivity index (χ3v) is 4.84. The van der Waals surface area contributed by atoms with Crippen LogP contribution >= 0.6 is 0 Å². The quantitative estimate of drug-likeness (QED) is 0.823. The van der Waals surface area contributed by atoms with Crippen molar-refractivity contribution in [2.45, 2.75) is 63.3 Å². The van der Waals surface area contributed by atoms with Gasteiger partial charge in [0, 0.05) is 19.5 Å². The number of nitrogens with two attached hydrogens (primary N) is 1. The van der Waals surface area contributed by atoms with E-state index in [2.05, 4.69) is 0 Å². The lowest BCUT2D eigenvalue weighted by molar-refractivity contribution is -0.140. The van der Waals surface area contributed by atoms with Gasteiger partial charge in [0.2, 0.25) is 5.91 Å². The summed E-state index contributed by atoms with van der Waals surface area (Å²) in [5.41, 5.74) is 5.66. The molecular formula is C15H26N2O3. The van der Waals surface area contributed by atoms with E-state index in [4.69, 9.17) is 10.8 Å². The van der Waals surface area contributed by atoms with E-state index in [9.17, 15) is 9.59 Å². The number of hydrogen-bond donors (Lipinski definition) is 2. The molecule has 0 spiro atoms. The first-order valence-corrected chi connectivity index (χ1v) is 7.81. The van der Waals surface area contributed by atoms with Gasteiger partial charge in [-0.25, -0.2) is 0 Å². The fraction of sp³-hybridized carbons (Fsp3) is 0.867. The minimum absolute atomic E-state index is 0.119. The number of amides is 1. The smallest absolute Gasteiger partial charge is 0.303 e. The van der Waals surface area contributed by atoms with Crippen molar-refractivity contribution in [2.75, 3.05) is 13.1 Å². The van der Waals surface area contributed by atoms with Crippen molar-refractivity contribution in [3.63, 3.8) is 0 Å². The van der Waals surface area contributed by atoms with E-state index in [-0.39, 0.29) is 12.3 Å². The zero-order chi connectivity index (χ0) is 14.6. The molecular weight excluding hydrogens is 256 g/mol. The molecule has 2 rings (SSSR count). The highest BCUT2D eigenvalue weighted by atomic mass is 16.4. The van der Waals surface area contributed by atoms with Crippen LogP contribution in [0.1, 0.15) is 57.8 Å². The van der Waals surface area contributed by atoms with Crippen LogP contribution in [-0.4, -0.2) is 40.5 Å². The van der Waals surface area contributed by atoms with Crippen LogP contribution in [0, 0.1) is 5.92 Å². The summed E-state index contributed by atoms with van der Waals surface area (Å²) in [4.78, 5) is 25.0. The van der Waals surface area contributed by atoms with E-state index < -0.39 is 11.5 Å². The van der Waals surface area contributed by atoms with Gasteiger partial charge < -0.3 is 15.7 Å². The molecule has 0 bridgehead atoms. The van der Waals surface area contributed by atoms with Crippen LogP contribution in [0.2, 0.25) is 0 Å². The highest BCUT2D eigenvalue weighted by Gasteiger charge is 2.39. The van der Waals surface area contributed by atoms with Gasteiger partial charge in [-0.05, 0) is 38.0 Å². The van der Waals surface area contributed by atoms with Gasteiger partial charge in [0.25, 0.3) is 0 Å². The molecule has 1 saturated carbocycles. The molecule has 3 N–H and O–H groups in total. The molecule has 1 amide bonds. The molecule has 0 aromatic heterocycles. The molecule has 2 fully saturated rings. The van der Waals surface area contributed by atoms with Crippen molar-refractivity contribution >= 4 is 11.9 Å². The predicted molar refractivity (Wildman–Crippen MR) is 76.2 cm³/mol. The molecule has 5 heteroatoms. The van der Waals surface area contributed by atoms with Crippen molar-refractivity contribution in [1.29, 1.82) is 0 Å². The summed E-state index contributed by atoms with van der Waals surface area (Å²) in [6.07, 6.45) is 7.70. The molecule has 5 nitrogen and oxygen atoms in total. The van der Waals surface area contributed by atoms with E-state index in [1.807, 2.05) is 4.90 Å². The summed E-state index contributed by atoms with van der Waals surface area (Å²) in [5, 5.41) is 8.71. The summed E-state index contributed by atoms with van der Waals surface area (Å²) in [6.45, 7) is 1.48. The first kappa shape index (κ1) is 15.3. The summed E-state index contributed by atoms with van der Waals surface area (Å²) >= 11 is 0. The average molecular weight is 282 g/mol. The van der Waals surface area contributed by atoms with E-state index >= 15 is 0 Å². The average Bonchev–Trinajstić information content (AvgIpc) is 2.45. The van der Waals surface area contributed by atoms with Gasteiger partial charge in [-0.2, -0.15) is 0 Å². The lowest BCUT2D eigenvalue weighted by atomic mass is 9.80. The molecule has 0 aromatic carbocycles. The van der Waals surface area contributed by atoms with Gasteiger partial charge in [-0.3, -0.25) is 9.59 Å². The third-order valence-electron chi connectivity index (χ3n) is 4.84. The Morgan fingerprint density at radius 3 is 2.30 bits per heavy atom. The van der Waals surface area contributed by atoms with Crippen molar-refractivity contribution in [1.82, 2.24) is 4.90 Å². The molecule has 1 aliphatic carbocycles. The lowest BCUT2D eigenvalue weighted by Crippen LogP contribution is -2.57. The second-order valence-electron chi connectivity index (χ2n) is 6.38. The SMILES string of the molecule is NC1(C(=O)N2CCC(CCC(=O)O)CC2)CCCCC1. The normalized spacial score (nSPS) is 23.6. The summed E-state index contributed by atoms with van der Waals surface area (Å²) in [6, 6.07) is 0. The van der Waals surface area contributed by atoms with Gasteiger partial charge in [0.05, 0.1) is 5.54 Å². The molecule has 0 aromatic rings. The van der Waals surface area contributed by atoms with Crippen LogP contribution in [0.4, 0.5) is 0 Å². The van der Waals surface area contributed by atoms with Crippen molar-refractivity contribution in [2.24, 2.45) is 11.7 Å². The highest BCUT2D eigenvalue weighted by Crippen LogP contribution is 2.30. The van der Waals surface area contributed by atoms with Crippen LogP contribution in [-0.2, 0) is 9.59 Å². The minimum atomic E-state index is -0.730. The molecule has 114 valence electrons.